The fourth-order valence-electron chi connectivity index (χ4n) is 0.916. The molecule has 80 valence electrons. The molecule has 0 aliphatic heterocycles. The average molecular weight is 239 g/mol. The van der Waals surface area contributed by atoms with E-state index in [9.17, 15) is 0 Å². The Kier molecular flexibility index (Phi) is 4.18. The van der Waals surface area contributed by atoms with Crippen molar-refractivity contribution in [2.75, 3.05) is 5.43 Å². The van der Waals surface area contributed by atoms with Crippen molar-refractivity contribution in [1.29, 1.82) is 5.26 Å². The van der Waals surface area contributed by atoms with E-state index in [1.165, 1.54) is 11.8 Å². The summed E-state index contributed by atoms with van der Waals surface area (Å²) in [4.78, 5) is 0. The van der Waals surface area contributed by atoms with Crippen LogP contribution in [-0.4, -0.2) is 13.7 Å². The molecule has 1 N–H and O–H groups in total. The van der Waals surface area contributed by atoms with Crippen molar-refractivity contribution in [3.63, 3.8) is 0 Å². The molecule has 1 rings (SSSR count). The third-order valence-corrected chi connectivity index (χ3v) is 3.50. The molecule has 1 aromatic heterocycles. The van der Waals surface area contributed by atoms with Gasteiger partial charge in [0, 0.05) is 12.4 Å². The number of rotatable bonds is 3. The Labute approximate surface area is 99.4 Å². The standard InChI is InChI=1S/C10H13N3S2/c1-3-10(2,8-11)15-9(14)12-13-6-4-5-7-13/h4-7H,3H2,1-2H3,(H,12,14). The summed E-state index contributed by atoms with van der Waals surface area (Å²) in [6.45, 7) is 3.87. The van der Waals surface area contributed by atoms with Crippen molar-refractivity contribution in [3.05, 3.63) is 24.5 Å². The molecule has 0 radical (unpaired) electrons. The monoisotopic (exact) mass is 239 g/mol. The van der Waals surface area contributed by atoms with Crippen LogP contribution in [0.1, 0.15) is 20.3 Å². The van der Waals surface area contributed by atoms with E-state index in [2.05, 4.69) is 11.5 Å². The van der Waals surface area contributed by atoms with Crippen LogP contribution in [-0.2, 0) is 0 Å². The van der Waals surface area contributed by atoms with Crippen molar-refractivity contribution < 1.29 is 0 Å². The largest absolute Gasteiger partial charge is 0.279 e. The zero-order chi connectivity index (χ0) is 11.3. The Hall–Kier alpha value is -0.990. The fourth-order valence-corrected chi connectivity index (χ4v) is 2.32. The lowest BCUT2D eigenvalue weighted by Crippen LogP contribution is -2.24. The quantitative estimate of drug-likeness (QED) is 0.823. The van der Waals surface area contributed by atoms with Crippen LogP contribution in [0.2, 0.25) is 0 Å². The highest BCUT2D eigenvalue weighted by molar-refractivity contribution is 8.24. The van der Waals surface area contributed by atoms with Crippen LogP contribution < -0.4 is 5.43 Å². The highest BCUT2D eigenvalue weighted by Gasteiger charge is 2.24. The minimum atomic E-state index is -0.447. The minimum Gasteiger partial charge on any atom is -0.279 e. The second kappa shape index (κ2) is 5.19. The van der Waals surface area contributed by atoms with E-state index >= 15 is 0 Å². The lowest BCUT2D eigenvalue weighted by atomic mass is 10.1. The Balaban J connectivity index is 2.53. The smallest absolute Gasteiger partial charge is 0.154 e. The highest BCUT2D eigenvalue weighted by atomic mass is 32.2. The van der Waals surface area contributed by atoms with Crippen LogP contribution >= 0.6 is 24.0 Å². The van der Waals surface area contributed by atoms with Gasteiger partial charge in [-0.3, -0.25) is 10.1 Å². The summed E-state index contributed by atoms with van der Waals surface area (Å²) in [5.74, 6) is 0. The predicted molar refractivity (Wildman–Crippen MR) is 68.3 cm³/mol. The first kappa shape index (κ1) is 12.1. The number of nitrogens with zero attached hydrogens (tertiary/aromatic N) is 2. The van der Waals surface area contributed by atoms with Crippen LogP contribution in [0.3, 0.4) is 0 Å². The lowest BCUT2D eigenvalue weighted by molar-refractivity contribution is 0.773. The molecule has 1 heterocycles. The van der Waals surface area contributed by atoms with Gasteiger partial charge in [0.05, 0.1) is 6.07 Å². The molecule has 0 aliphatic carbocycles. The molecule has 0 aliphatic rings. The molecular weight excluding hydrogens is 226 g/mol. The van der Waals surface area contributed by atoms with Gasteiger partial charge in [0.15, 0.2) is 4.32 Å². The Bertz CT molecular complexity index is 367. The average Bonchev–Trinajstić information content (AvgIpc) is 2.70. The number of hydrogen-bond acceptors (Lipinski definition) is 3. The van der Waals surface area contributed by atoms with E-state index in [1.807, 2.05) is 38.4 Å². The number of thiocarbonyl (C=S) groups is 1. The third kappa shape index (κ3) is 3.57. The number of thioether (sulfide) groups is 1. The molecule has 0 fully saturated rings. The predicted octanol–water partition coefficient (Wildman–Crippen LogP) is 2.74. The molecule has 1 unspecified atom stereocenters. The molecular formula is C10H13N3S2. The summed E-state index contributed by atoms with van der Waals surface area (Å²) < 4.78 is 1.93. The fraction of sp³-hybridized carbons (Fsp3) is 0.400. The molecule has 0 saturated heterocycles. The second-order valence-electron chi connectivity index (χ2n) is 3.29. The molecule has 0 bridgehead atoms. The number of aromatic nitrogens is 1. The molecule has 0 amide bonds. The molecule has 0 spiro atoms. The molecule has 5 heteroatoms. The Morgan fingerprint density at radius 1 is 1.60 bits per heavy atom. The molecule has 3 nitrogen and oxygen atoms in total. The van der Waals surface area contributed by atoms with Gasteiger partial charge in [-0.2, -0.15) is 5.26 Å². The Morgan fingerprint density at radius 3 is 2.67 bits per heavy atom. The molecule has 0 saturated carbocycles. The van der Waals surface area contributed by atoms with Crippen LogP contribution in [0.25, 0.3) is 0 Å². The first-order valence-electron chi connectivity index (χ1n) is 4.64. The van der Waals surface area contributed by atoms with Gasteiger partial charge >= 0.3 is 0 Å². The zero-order valence-corrected chi connectivity index (χ0v) is 10.4. The van der Waals surface area contributed by atoms with Crippen molar-refractivity contribution in [3.8, 4) is 6.07 Å². The minimum absolute atomic E-state index is 0.447. The lowest BCUT2D eigenvalue weighted by Gasteiger charge is -2.19. The van der Waals surface area contributed by atoms with Crippen molar-refractivity contribution in [2.45, 2.75) is 25.0 Å². The highest BCUT2D eigenvalue weighted by Crippen LogP contribution is 2.28. The van der Waals surface area contributed by atoms with Gasteiger partial charge in [-0.05, 0) is 25.5 Å². The summed E-state index contributed by atoms with van der Waals surface area (Å²) in [5, 5.41) is 9.00. The normalized spacial score (nSPS) is 13.9. The number of nitriles is 1. The summed E-state index contributed by atoms with van der Waals surface area (Å²) in [6, 6.07) is 6.08. The van der Waals surface area contributed by atoms with E-state index in [0.29, 0.717) is 4.32 Å². The maximum absolute atomic E-state index is 9.00. The van der Waals surface area contributed by atoms with E-state index in [0.717, 1.165) is 6.42 Å². The SMILES string of the molecule is CCC(C)(C#N)SC(=S)Nn1cccc1. The summed E-state index contributed by atoms with van der Waals surface area (Å²) >= 11 is 6.55. The first-order valence-corrected chi connectivity index (χ1v) is 5.86. The van der Waals surface area contributed by atoms with Crippen molar-refractivity contribution in [2.24, 2.45) is 0 Å². The molecule has 1 atom stereocenters. The van der Waals surface area contributed by atoms with Crippen LogP contribution in [0.5, 0.6) is 0 Å². The summed E-state index contributed by atoms with van der Waals surface area (Å²) in [7, 11) is 0. The van der Waals surface area contributed by atoms with Gasteiger partial charge in [-0.1, -0.05) is 30.9 Å². The van der Waals surface area contributed by atoms with Crippen LogP contribution in [0, 0.1) is 11.3 Å². The Morgan fingerprint density at radius 2 is 2.20 bits per heavy atom. The molecule has 1 aromatic rings. The van der Waals surface area contributed by atoms with Gasteiger partial charge < -0.3 is 0 Å². The van der Waals surface area contributed by atoms with E-state index in [4.69, 9.17) is 17.5 Å². The van der Waals surface area contributed by atoms with Crippen molar-refractivity contribution >= 4 is 28.3 Å². The van der Waals surface area contributed by atoms with E-state index < -0.39 is 4.75 Å². The summed E-state index contributed by atoms with van der Waals surface area (Å²) in [5.41, 5.74) is 3.01. The topological polar surface area (TPSA) is 40.8 Å². The van der Waals surface area contributed by atoms with Gasteiger partial charge in [0.1, 0.15) is 4.75 Å². The van der Waals surface area contributed by atoms with Gasteiger partial charge in [-0.25, -0.2) is 0 Å². The van der Waals surface area contributed by atoms with E-state index in [-0.39, 0.29) is 0 Å². The van der Waals surface area contributed by atoms with Gasteiger partial charge in [0.2, 0.25) is 0 Å². The van der Waals surface area contributed by atoms with Gasteiger partial charge in [-0.15, -0.1) is 0 Å². The molecule has 15 heavy (non-hydrogen) atoms. The third-order valence-electron chi connectivity index (χ3n) is 2.05. The zero-order valence-electron chi connectivity index (χ0n) is 8.73. The van der Waals surface area contributed by atoms with Gasteiger partial charge in [0.25, 0.3) is 0 Å². The molecule has 0 aromatic carbocycles. The first-order chi connectivity index (χ1) is 7.09. The van der Waals surface area contributed by atoms with Crippen molar-refractivity contribution in [1.82, 2.24) is 4.68 Å². The number of hydrogen-bond donors (Lipinski definition) is 1. The number of nitrogens with one attached hydrogen (secondary N) is 1. The maximum atomic E-state index is 9.00. The second-order valence-corrected chi connectivity index (χ2v) is 5.47. The maximum Gasteiger partial charge on any atom is 0.154 e. The van der Waals surface area contributed by atoms with E-state index in [1.54, 1.807) is 4.68 Å². The van der Waals surface area contributed by atoms with Crippen LogP contribution in [0.4, 0.5) is 0 Å². The summed E-state index contributed by atoms with van der Waals surface area (Å²) in [6.07, 6.45) is 4.49. The van der Waals surface area contributed by atoms with Crippen LogP contribution in [0.15, 0.2) is 24.5 Å².